The Labute approximate surface area is 80.0 Å². The number of nitrogen functional groups attached to an aromatic ring is 1. The van der Waals surface area contributed by atoms with Crippen LogP contribution in [0.15, 0.2) is 22.7 Å². The Bertz CT molecular complexity index is 439. The van der Waals surface area contributed by atoms with Crippen molar-refractivity contribution >= 4 is 5.82 Å². The zero-order chi connectivity index (χ0) is 9.97. The van der Waals surface area contributed by atoms with Crippen molar-refractivity contribution in [2.45, 2.75) is 6.54 Å². The van der Waals surface area contributed by atoms with Crippen LogP contribution in [0.25, 0.3) is 11.5 Å². The van der Waals surface area contributed by atoms with Crippen molar-refractivity contribution in [3.63, 3.8) is 0 Å². The molecule has 6 heteroatoms. The Morgan fingerprint density at radius 2 is 2.21 bits per heavy atom. The van der Waals surface area contributed by atoms with Crippen LogP contribution in [0.3, 0.4) is 0 Å². The van der Waals surface area contributed by atoms with E-state index in [1.54, 1.807) is 18.3 Å². The van der Waals surface area contributed by atoms with Crippen LogP contribution >= 0.6 is 0 Å². The van der Waals surface area contributed by atoms with Crippen molar-refractivity contribution in [1.29, 1.82) is 0 Å². The predicted molar refractivity (Wildman–Crippen MR) is 49.8 cm³/mol. The minimum atomic E-state index is 0.215. The maximum Gasteiger partial charge on any atom is 0.251 e. The summed E-state index contributed by atoms with van der Waals surface area (Å²) in [5, 5.41) is 7.53. The summed E-state index contributed by atoms with van der Waals surface area (Å²) in [6.45, 7) is 0.215. The van der Waals surface area contributed by atoms with E-state index in [0.29, 0.717) is 23.2 Å². The molecule has 0 fully saturated rings. The lowest BCUT2D eigenvalue weighted by Crippen LogP contribution is -1.95. The van der Waals surface area contributed by atoms with Crippen LogP contribution in [0.2, 0.25) is 0 Å². The summed E-state index contributed by atoms with van der Waals surface area (Å²) >= 11 is 0. The number of aromatic nitrogens is 3. The number of nitrogens with zero attached hydrogens (tertiary/aromatic N) is 3. The van der Waals surface area contributed by atoms with E-state index in [4.69, 9.17) is 15.9 Å². The standard InChI is InChI=1S/C8H9N5O/c9-4-6-12-13-8(14-6)5-2-1-3-11-7(5)10/h1-3H,4,9H2,(H2,10,11). The van der Waals surface area contributed by atoms with Crippen molar-refractivity contribution < 1.29 is 4.42 Å². The highest BCUT2D eigenvalue weighted by atomic mass is 16.4. The van der Waals surface area contributed by atoms with Gasteiger partial charge in [-0.1, -0.05) is 0 Å². The largest absolute Gasteiger partial charge is 0.419 e. The second kappa shape index (κ2) is 3.43. The predicted octanol–water partition coefficient (Wildman–Crippen LogP) is 0.172. The molecule has 0 saturated heterocycles. The topological polar surface area (TPSA) is 104 Å². The third kappa shape index (κ3) is 1.42. The molecule has 14 heavy (non-hydrogen) atoms. The number of anilines is 1. The third-order valence-corrected chi connectivity index (χ3v) is 1.71. The van der Waals surface area contributed by atoms with Gasteiger partial charge in [0.25, 0.3) is 5.89 Å². The minimum Gasteiger partial charge on any atom is -0.419 e. The van der Waals surface area contributed by atoms with Crippen LogP contribution in [0.5, 0.6) is 0 Å². The third-order valence-electron chi connectivity index (χ3n) is 1.71. The van der Waals surface area contributed by atoms with Crippen LogP contribution in [0.4, 0.5) is 5.82 Å². The lowest BCUT2D eigenvalue weighted by Gasteiger charge is -1.96. The van der Waals surface area contributed by atoms with E-state index >= 15 is 0 Å². The summed E-state index contributed by atoms with van der Waals surface area (Å²) in [4.78, 5) is 3.91. The SMILES string of the molecule is NCc1nnc(-c2cccnc2N)o1. The fourth-order valence-corrected chi connectivity index (χ4v) is 1.04. The monoisotopic (exact) mass is 191 g/mol. The molecule has 0 aromatic carbocycles. The number of nitrogens with two attached hydrogens (primary N) is 2. The molecular formula is C8H9N5O. The highest BCUT2D eigenvalue weighted by Gasteiger charge is 2.10. The second-order valence-corrected chi connectivity index (χ2v) is 2.64. The molecular weight excluding hydrogens is 182 g/mol. The van der Waals surface area contributed by atoms with E-state index in [1.165, 1.54) is 0 Å². The molecule has 0 amide bonds. The van der Waals surface area contributed by atoms with Crippen molar-refractivity contribution in [3.8, 4) is 11.5 Å². The van der Waals surface area contributed by atoms with Crippen LogP contribution in [0, 0.1) is 0 Å². The second-order valence-electron chi connectivity index (χ2n) is 2.64. The van der Waals surface area contributed by atoms with E-state index in [-0.39, 0.29) is 6.54 Å². The van der Waals surface area contributed by atoms with Gasteiger partial charge in [0.05, 0.1) is 12.1 Å². The molecule has 6 nitrogen and oxygen atoms in total. The highest BCUT2D eigenvalue weighted by molar-refractivity contribution is 5.65. The number of pyridine rings is 1. The van der Waals surface area contributed by atoms with Gasteiger partial charge in [-0.2, -0.15) is 0 Å². The van der Waals surface area contributed by atoms with Gasteiger partial charge in [0, 0.05) is 6.20 Å². The van der Waals surface area contributed by atoms with Gasteiger partial charge in [-0.05, 0) is 12.1 Å². The first-order chi connectivity index (χ1) is 6.81. The van der Waals surface area contributed by atoms with Gasteiger partial charge >= 0.3 is 0 Å². The molecule has 2 heterocycles. The summed E-state index contributed by atoms with van der Waals surface area (Å²) < 4.78 is 5.23. The molecule has 2 aromatic rings. The first-order valence-electron chi connectivity index (χ1n) is 4.04. The first kappa shape index (κ1) is 8.64. The number of rotatable bonds is 2. The number of hydrogen-bond acceptors (Lipinski definition) is 6. The molecule has 2 aromatic heterocycles. The maximum atomic E-state index is 5.63. The normalized spacial score (nSPS) is 10.4. The Kier molecular flexibility index (Phi) is 2.11. The van der Waals surface area contributed by atoms with Gasteiger partial charge in [0.1, 0.15) is 5.82 Å². The van der Waals surface area contributed by atoms with E-state index in [9.17, 15) is 0 Å². The first-order valence-corrected chi connectivity index (χ1v) is 4.04. The molecule has 0 spiro atoms. The Morgan fingerprint density at radius 3 is 2.86 bits per heavy atom. The van der Waals surface area contributed by atoms with Crippen molar-refractivity contribution in [2.24, 2.45) is 5.73 Å². The van der Waals surface area contributed by atoms with Crippen molar-refractivity contribution in [2.75, 3.05) is 5.73 Å². The molecule has 72 valence electrons. The van der Waals surface area contributed by atoms with E-state index in [2.05, 4.69) is 15.2 Å². The molecule has 4 N–H and O–H groups in total. The van der Waals surface area contributed by atoms with Crippen molar-refractivity contribution in [1.82, 2.24) is 15.2 Å². The molecule has 0 aliphatic rings. The Morgan fingerprint density at radius 1 is 1.36 bits per heavy atom. The van der Waals surface area contributed by atoms with E-state index < -0.39 is 0 Å². The van der Waals surface area contributed by atoms with Gasteiger partial charge in [0.2, 0.25) is 5.89 Å². The Balaban J connectivity index is 2.44. The molecule has 0 saturated carbocycles. The summed E-state index contributed by atoms with van der Waals surface area (Å²) in [6.07, 6.45) is 1.60. The molecule has 0 aliphatic heterocycles. The van der Waals surface area contributed by atoms with Crippen LogP contribution in [0.1, 0.15) is 5.89 Å². The van der Waals surface area contributed by atoms with Gasteiger partial charge in [0.15, 0.2) is 0 Å². The van der Waals surface area contributed by atoms with Gasteiger partial charge in [-0.15, -0.1) is 10.2 Å². The lowest BCUT2D eigenvalue weighted by molar-refractivity contribution is 0.509. The molecule has 0 radical (unpaired) electrons. The zero-order valence-corrected chi connectivity index (χ0v) is 7.34. The van der Waals surface area contributed by atoms with Gasteiger partial charge in [-0.25, -0.2) is 4.98 Å². The highest BCUT2D eigenvalue weighted by Crippen LogP contribution is 2.21. The molecule has 2 rings (SSSR count). The van der Waals surface area contributed by atoms with Crippen LogP contribution in [-0.4, -0.2) is 15.2 Å². The summed E-state index contributed by atoms with van der Waals surface area (Å²) in [7, 11) is 0. The fourth-order valence-electron chi connectivity index (χ4n) is 1.04. The van der Waals surface area contributed by atoms with Gasteiger partial charge < -0.3 is 15.9 Å². The smallest absolute Gasteiger partial charge is 0.251 e. The van der Waals surface area contributed by atoms with E-state index in [1.807, 2.05) is 0 Å². The molecule has 0 unspecified atom stereocenters. The lowest BCUT2D eigenvalue weighted by atomic mass is 10.2. The average Bonchev–Trinajstić information content (AvgIpc) is 2.67. The molecule has 0 bridgehead atoms. The average molecular weight is 191 g/mol. The van der Waals surface area contributed by atoms with Crippen LogP contribution in [-0.2, 0) is 6.54 Å². The minimum absolute atomic E-state index is 0.215. The molecule has 0 atom stereocenters. The zero-order valence-electron chi connectivity index (χ0n) is 7.34. The van der Waals surface area contributed by atoms with E-state index in [0.717, 1.165) is 0 Å². The van der Waals surface area contributed by atoms with Crippen LogP contribution < -0.4 is 11.5 Å². The maximum absolute atomic E-state index is 5.63. The van der Waals surface area contributed by atoms with Gasteiger partial charge in [-0.3, -0.25) is 0 Å². The summed E-state index contributed by atoms with van der Waals surface area (Å²) in [5.74, 6) is 1.08. The quantitative estimate of drug-likeness (QED) is 0.701. The summed E-state index contributed by atoms with van der Waals surface area (Å²) in [6, 6.07) is 3.51. The molecule has 0 aliphatic carbocycles. The van der Waals surface area contributed by atoms with Crippen molar-refractivity contribution in [3.05, 3.63) is 24.2 Å². The summed E-state index contributed by atoms with van der Waals surface area (Å²) in [5.41, 5.74) is 11.6. The Hall–Kier alpha value is -1.95. The number of hydrogen-bond donors (Lipinski definition) is 2. The fraction of sp³-hybridized carbons (Fsp3) is 0.125.